The summed E-state index contributed by atoms with van der Waals surface area (Å²) in [5, 5.41) is 2.27. The Balaban J connectivity index is 2.14. The number of nitrogen functional groups attached to an aromatic ring is 1. The molecular weight excluding hydrogens is 387 g/mol. The van der Waals surface area contributed by atoms with Gasteiger partial charge in [0.25, 0.3) is 5.91 Å². The number of amides is 1. The fourth-order valence-corrected chi connectivity index (χ4v) is 2.55. The SMILES string of the molecule is CCOC(=O)c1c(NC(=O)COC(=O)c2ccc(F)cc2N)oc(C)c1C(C)=O. The van der Waals surface area contributed by atoms with Gasteiger partial charge in [-0.05, 0) is 39.0 Å². The van der Waals surface area contributed by atoms with Crippen molar-refractivity contribution in [3.8, 4) is 0 Å². The second kappa shape index (κ2) is 9.00. The van der Waals surface area contributed by atoms with Crippen molar-refractivity contribution in [1.82, 2.24) is 0 Å². The first-order valence-corrected chi connectivity index (χ1v) is 8.49. The van der Waals surface area contributed by atoms with Crippen molar-refractivity contribution < 1.29 is 37.5 Å². The third-order valence-corrected chi connectivity index (χ3v) is 3.74. The molecule has 3 N–H and O–H groups in total. The molecule has 29 heavy (non-hydrogen) atoms. The average molecular weight is 406 g/mol. The highest BCUT2D eigenvalue weighted by Gasteiger charge is 2.29. The van der Waals surface area contributed by atoms with Crippen molar-refractivity contribution in [2.75, 3.05) is 24.3 Å². The number of carbonyl (C=O) groups excluding carboxylic acids is 4. The third-order valence-electron chi connectivity index (χ3n) is 3.74. The molecule has 154 valence electrons. The maximum atomic E-state index is 13.0. The average Bonchev–Trinajstić information content (AvgIpc) is 2.96. The number of furan rings is 1. The van der Waals surface area contributed by atoms with Gasteiger partial charge in [-0.1, -0.05) is 0 Å². The zero-order chi connectivity index (χ0) is 21.7. The fraction of sp³-hybridized carbons (Fsp3) is 0.263. The highest BCUT2D eigenvalue weighted by atomic mass is 19.1. The number of nitrogens with one attached hydrogen (secondary N) is 1. The molecule has 0 aliphatic rings. The molecule has 1 aromatic carbocycles. The van der Waals surface area contributed by atoms with Gasteiger partial charge < -0.3 is 19.6 Å². The second-order valence-electron chi connectivity index (χ2n) is 5.87. The van der Waals surface area contributed by atoms with Crippen LogP contribution in [-0.4, -0.2) is 36.8 Å². The number of ether oxygens (including phenoxy) is 2. The van der Waals surface area contributed by atoms with Gasteiger partial charge in [0.15, 0.2) is 12.4 Å². The van der Waals surface area contributed by atoms with Crippen LogP contribution in [0.2, 0.25) is 0 Å². The van der Waals surface area contributed by atoms with Crippen LogP contribution in [-0.2, 0) is 14.3 Å². The minimum atomic E-state index is -0.941. The van der Waals surface area contributed by atoms with Crippen LogP contribution in [0.25, 0.3) is 0 Å². The number of benzene rings is 1. The van der Waals surface area contributed by atoms with Crippen molar-refractivity contribution >= 4 is 35.2 Å². The Morgan fingerprint density at radius 1 is 1.14 bits per heavy atom. The summed E-state index contributed by atoms with van der Waals surface area (Å²) >= 11 is 0. The number of carbonyl (C=O) groups is 4. The zero-order valence-electron chi connectivity index (χ0n) is 16.0. The molecule has 0 unspecified atom stereocenters. The van der Waals surface area contributed by atoms with Gasteiger partial charge in [-0.25, -0.2) is 14.0 Å². The Hall–Kier alpha value is -3.69. The molecule has 2 rings (SSSR count). The van der Waals surface area contributed by atoms with E-state index in [0.717, 1.165) is 18.2 Å². The smallest absolute Gasteiger partial charge is 0.344 e. The Labute approximate surface area is 164 Å². The lowest BCUT2D eigenvalue weighted by Gasteiger charge is -2.08. The number of aryl methyl sites for hydroxylation is 1. The van der Waals surface area contributed by atoms with Gasteiger partial charge in [-0.3, -0.25) is 14.9 Å². The number of ketones is 1. The van der Waals surface area contributed by atoms with E-state index in [1.165, 1.54) is 13.8 Å². The minimum Gasteiger partial charge on any atom is -0.462 e. The summed E-state index contributed by atoms with van der Waals surface area (Å²) in [4.78, 5) is 48.1. The van der Waals surface area contributed by atoms with Crippen molar-refractivity contribution in [2.24, 2.45) is 0 Å². The predicted octanol–water partition coefficient (Wildman–Crippen LogP) is 2.48. The summed E-state index contributed by atoms with van der Waals surface area (Å²) in [6.07, 6.45) is 0. The summed E-state index contributed by atoms with van der Waals surface area (Å²) in [5.41, 5.74) is 5.04. The van der Waals surface area contributed by atoms with Crippen LogP contribution in [0, 0.1) is 12.7 Å². The third kappa shape index (κ3) is 4.98. The maximum absolute atomic E-state index is 13.0. The summed E-state index contributed by atoms with van der Waals surface area (Å²) in [5.74, 6) is -3.89. The fourth-order valence-electron chi connectivity index (χ4n) is 2.55. The molecule has 0 spiro atoms. The summed E-state index contributed by atoms with van der Waals surface area (Å²) in [6.45, 7) is 3.57. The van der Waals surface area contributed by atoms with E-state index in [1.807, 2.05) is 0 Å². The van der Waals surface area contributed by atoms with Crippen LogP contribution in [0.1, 0.15) is 50.7 Å². The normalized spacial score (nSPS) is 10.3. The quantitative estimate of drug-likeness (QED) is 0.406. The van der Waals surface area contributed by atoms with Gasteiger partial charge in [0, 0.05) is 5.69 Å². The molecule has 0 atom stereocenters. The monoisotopic (exact) mass is 406 g/mol. The van der Waals surface area contributed by atoms with Crippen molar-refractivity contribution in [1.29, 1.82) is 0 Å². The Morgan fingerprint density at radius 3 is 2.41 bits per heavy atom. The number of anilines is 2. The Bertz CT molecular complexity index is 981. The molecule has 0 bridgehead atoms. The van der Waals surface area contributed by atoms with Crippen molar-refractivity contribution in [3.05, 3.63) is 46.5 Å². The maximum Gasteiger partial charge on any atom is 0.344 e. The molecule has 1 heterocycles. The standard InChI is InChI=1S/C19H19FN2O7/c1-4-27-19(26)16-15(9(2)23)10(3)29-17(16)22-14(24)8-28-18(25)12-6-5-11(20)7-13(12)21/h5-7H,4,8,21H2,1-3H3,(H,22,24). The minimum absolute atomic E-state index is 0.0187. The van der Waals surface area contributed by atoms with Crippen LogP contribution < -0.4 is 11.1 Å². The van der Waals surface area contributed by atoms with Gasteiger partial charge in [0.1, 0.15) is 17.1 Å². The largest absolute Gasteiger partial charge is 0.462 e. The van der Waals surface area contributed by atoms with E-state index in [9.17, 15) is 23.6 Å². The van der Waals surface area contributed by atoms with Crippen LogP contribution in [0.4, 0.5) is 16.0 Å². The van der Waals surface area contributed by atoms with E-state index in [1.54, 1.807) is 6.92 Å². The molecule has 2 aromatic rings. The lowest BCUT2D eigenvalue weighted by atomic mass is 10.1. The number of rotatable bonds is 7. The highest BCUT2D eigenvalue weighted by molar-refractivity contribution is 6.11. The molecule has 0 saturated heterocycles. The lowest BCUT2D eigenvalue weighted by Crippen LogP contribution is -2.22. The first-order chi connectivity index (χ1) is 13.6. The van der Waals surface area contributed by atoms with Gasteiger partial charge in [0.2, 0.25) is 5.88 Å². The van der Waals surface area contributed by atoms with Gasteiger partial charge in [-0.15, -0.1) is 0 Å². The van der Waals surface area contributed by atoms with E-state index >= 15 is 0 Å². The number of Topliss-reactive ketones (excluding diaryl/α,β-unsaturated/α-hetero) is 1. The second-order valence-corrected chi connectivity index (χ2v) is 5.87. The lowest BCUT2D eigenvalue weighted by molar-refractivity contribution is -0.119. The molecule has 10 heteroatoms. The number of halogens is 1. The van der Waals surface area contributed by atoms with E-state index in [2.05, 4.69) is 5.32 Å². The molecule has 0 aliphatic heterocycles. The number of hydrogen-bond acceptors (Lipinski definition) is 8. The van der Waals surface area contributed by atoms with Crippen molar-refractivity contribution in [3.63, 3.8) is 0 Å². The molecule has 0 saturated carbocycles. The zero-order valence-corrected chi connectivity index (χ0v) is 16.0. The number of esters is 2. The van der Waals surface area contributed by atoms with Crippen molar-refractivity contribution in [2.45, 2.75) is 20.8 Å². The summed E-state index contributed by atoms with van der Waals surface area (Å²) in [6, 6.07) is 3.09. The molecule has 0 fully saturated rings. The van der Waals surface area contributed by atoms with E-state index < -0.39 is 36.1 Å². The van der Waals surface area contributed by atoms with Gasteiger partial charge >= 0.3 is 11.9 Å². The van der Waals surface area contributed by atoms with Crippen LogP contribution in [0.15, 0.2) is 22.6 Å². The van der Waals surface area contributed by atoms with E-state index in [0.29, 0.717) is 0 Å². The van der Waals surface area contributed by atoms with E-state index in [-0.39, 0.29) is 40.6 Å². The first-order valence-electron chi connectivity index (χ1n) is 8.49. The number of nitrogens with two attached hydrogens (primary N) is 1. The molecule has 0 aliphatic carbocycles. The summed E-state index contributed by atoms with van der Waals surface area (Å²) in [7, 11) is 0. The predicted molar refractivity (Wildman–Crippen MR) is 99.1 cm³/mol. The van der Waals surface area contributed by atoms with Crippen LogP contribution in [0.5, 0.6) is 0 Å². The molecular formula is C19H19FN2O7. The molecule has 9 nitrogen and oxygen atoms in total. The Kier molecular flexibility index (Phi) is 6.71. The molecule has 1 aromatic heterocycles. The first kappa shape index (κ1) is 21.6. The molecule has 1 amide bonds. The molecule has 0 radical (unpaired) electrons. The summed E-state index contributed by atoms with van der Waals surface area (Å²) < 4.78 is 28.1. The van der Waals surface area contributed by atoms with Crippen LogP contribution in [0.3, 0.4) is 0 Å². The van der Waals surface area contributed by atoms with Gasteiger partial charge in [-0.2, -0.15) is 0 Å². The highest BCUT2D eigenvalue weighted by Crippen LogP contribution is 2.28. The van der Waals surface area contributed by atoms with Crippen LogP contribution >= 0.6 is 0 Å². The Morgan fingerprint density at radius 2 is 1.83 bits per heavy atom. The topological polar surface area (TPSA) is 138 Å². The number of hydrogen-bond donors (Lipinski definition) is 2. The van der Waals surface area contributed by atoms with Gasteiger partial charge in [0.05, 0.1) is 17.7 Å². The van der Waals surface area contributed by atoms with E-state index in [4.69, 9.17) is 19.6 Å².